The van der Waals surface area contributed by atoms with Crippen LogP contribution in [0, 0.1) is 0 Å². The minimum absolute atomic E-state index is 0.129. The van der Waals surface area contributed by atoms with E-state index in [-0.39, 0.29) is 10.5 Å². The molecule has 1 rings (SSSR count). The summed E-state index contributed by atoms with van der Waals surface area (Å²) in [4.78, 5) is 10.2. The Hall–Kier alpha value is -1.61. The molecule has 0 spiro atoms. The van der Waals surface area contributed by atoms with E-state index >= 15 is 0 Å². The molecule has 0 fully saturated rings. The van der Waals surface area contributed by atoms with Gasteiger partial charge in [-0.05, 0) is 24.3 Å². The monoisotopic (exact) mass is 298 g/mol. The van der Waals surface area contributed by atoms with Crippen molar-refractivity contribution in [2.45, 2.75) is 11.1 Å². The van der Waals surface area contributed by atoms with Crippen LogP contribution >= 0.6 is 0 Å². The predicted molar refractivity (Wildman–Crippen MR) is 57.5 cm³/mol. The lowest BCUT2D eigenvalue weighted by molar-refractivity contribution is -0.169. The highest BCUT2D eigenvalue weighted by molar-refractivity contribution is 7.91. The van der Waals surface area contributed by atoms with Gasteiger partial charge in [-0.2, -0.15) is 13.2 Å². The molecule has 0 aromatic heterocycles. The summed E-state index contributed by atoms with van der Waals surface area (Å²) in [6.45, 7) is -1.67. The first-order valence-corrected chi connectivity index (χ1v) is 6.48. The van der Waals surface area contributed by atoms with Crippen LogP contribution in [0.2, 0.25) is 0 Å². The van der Waals surface area contributed by atoms with Crippen LogP contribution in [-0.4, -0.2) is 38.2 Å². The second-order valence-corrected chi connectivity index (χ2v) is 5.46. The molecular formula is C10H9F3O5S. The van der Waals surface area contributed by atoms with E-state index in [1.165, 1.54) is 0 Å². The lowest BCUT2D eigenvalue weighted by Crippen LogP contribution is -2.20. The van der Waals surface area contributed by atoms with Crippen molar-refractivity contribution in [2.24, 2.45) is 0 Å². The molecule has 0 radical (unpaired) electrons. The summed E-state index contributed by atoms with van der Waals surface area (Å²) in [5, 5.41) is 8.61. The Morgan fingerprint density at radius 1 is 1.21 bits per heavy atom. The van der Waals surface area contributed by atoms with E-state index in [2.05, 4.69) is 4.74 Å². The van der Waals surface area contributed by atoms with Crippen LogP contribution in [0.15, 0.2) is 29.2 Å². The van der Waals surface area contributed by atoms with Gasteiger partial charge in [0.05, 0.1) is 10.5 Å². The molecular weight excluding hydrogens is 289 g/mol. The normalized spacial score (nSPS) is 12.4. The van der Waals surface area contributed by atoms with Crippen molar-refractivity contribution in [3.63, 3.8) is 0 Å². The zero-order valence-electron chi connectivity index (χ0n) is 9.35. The first-order chi connectivity index (χ1) is 8.62. The molecule has 0 heterocycles. The molecule has 0 aliphatic heterocycles. The van der Waals surface area contributed by atoms with Crippen LogP contribution in [0.25, 0.3) is 0 Å². The van der Waals surface area contributed by atoms with Crippen molar-refractivity contribution in [3.05, 3.63) is 29.8 Å². The Morgan fingerprint density at radius 2 is 1.74 bits per heavy atom. The Morgan fingerprint density at radius 3 is 2.16 bits per heavy atom. The summed E-state index contributed by atoms with van der Waals surface area (Å²) in [6.07, 6.45) is -4.61. The molecule has 1 aromatic carbocycles. The average molecular weight is 298 g/mol. The third-order valence-corrected chi connectivity index (χ3v) is 3.43. The molecule has 1 N–H and O–H groups in total. The number of carboxylic acid groups (broad SMARTS) is 1. The van der Waals surface area contributed by atoms with Crippen molar-refractivity contribution < 1.29 is 36.2 Å². The molecule has 0 bridgehead atoms. The standard InChI is InChI=1S/C10H9F3O5S/c11-10(12,13)5-18-6-19(16,17)8-3-1-7(2-4-8)9(14)15/h1-4H,5-6H2,(H,14,15). The third-order valence-electron chi connectivity index (χ3n) is 1.96. The fourth-order valence-corrected chi connectivity index (χ4v) is 2.13. The first kappa shape index (κ1) is 15.4. The summed E-state index contributed by atoms with van der Waals surface area (Å²) in [5.41, 5.74) is -0.129. The van der Waals surface area contributed by atoms with E-state index in [4.69, 9.17) is 5.11 Å². The van der Waals surface area contributed by atoms with Crippen molar-refractivity contribution in [2.75, 3.05) is 12.5 Å². The second-order valence-electron chi connectivity index (χ2n) is 3.53. The van der Waals surface area contributed by atoms with Gasteiger partial charge in [-0.3, -0.25) is 0 Å². The minimum Gasteiger partial charge on any atom is -0.478 e. The number of halogens is 3. The number of alkyl halides is 3. The van der Waals surface area contributed by atoms with Crippen molar-refractivity contribution in [1.29, 1.82) is 0 Å². The number of benzene rings is 1. The van der Waals surface area contributed by atoms with Gasteiger partial charge < -0.3 is 9.84 Å². The summed E-state index contributed by atoms with van der Waals surface area (Å²) in [6, 6.07) is 4.07. The largest absolute Gasteiger partial charge is 0.478 e. The van der Waals surface area contributed by atoms with E-state index in [1.807, 2.05) is 0 Å². The maximum Gasteiger partial charge on any atom is 0.411 e. The van der Waals surface area contributed by atoms with Crippen molar-refractivity contribution in [1.82, 2.24) is 0 Å². The van der Waals surface area contributed by atoms with Gasteiger partial charge in [0.15, 0.2) is 5.94 Å². The number of hydrogen-bond acceptors (Lipinski definition) is 4. The maximum atomic E-state index is 11.8. The van der Waals surface area contributed by atoms with Crippen molar-refractivity contribution in [3.8, 4) is 0 Å². The van der Waals surface area contributed by atoms with E-state index in [0.29, 0.717) is 0 Å². The van der Waals surface area contributed by atoms with Crippen LogP contribution < -0.4 is 0 Å². The first-order valence-electron chi connectivity index (χ1n) is 4.82. The quantitative estimate of drug-likeness (QED) is 0.894. The Balaban J connectivity index is 2.75. The lowest BCUT2D eigenvalue weighted by Gasteiger charge is -2.08. The lowest BCUT2D eigenvalue weighted by atomic mass is 10.2. The third kappa shape index (κ3) is 4.87. The van der Waals surface area contributed by atoms with E-state index < -0.39 is 34.5 Å². The highest BCUT2D eigenvalue weighted by Crippen LogP contribution is 2.17. The second kappa shape index (κ2) is 5.57. The van der Waals surface area contributed by atoms with Gasteiger partial charge in [-0.1, -0.05) is 0 Å². The van der Waals surface area contributed by atoms with Gasteiger partial charge in [0, 0.05) is 0 Å². The number of carbonyl (C=O) groups is 1. The van der Waals surface area contributed by atoms with Crippen LogP contribution in [0.4, 0.5) is 13.2 Å². The molecule has 19 heavy (non-hydrogen) atoms. The number of hydrogen-bond donors (Lipinski definition) is 1. The summed E-state index contributed by atoms with van der Waals surface area (Å²) < 4.78 is 62.6. The Bertz CT molecular complexity index is 548. The van der Waals surface area contributed by atoms with Crippen LogP contribution in [-0.2, 0) is 14.6 Å². The summed E-state index contributed by atoms with van der Waals surface area (Å²) in [7, 11) is -4.04. The molecule has 106 valence electrons. The van der Waals surface area contributed by atoms with Gasteiger partial charge in [0.2, 0.25) is 9.84 Å². The molecule has 0 aliphatic rings. The zero-order chi connectivity index (χ0) is 14.7. The minimum atomic E-state index is -4.61. The molecule has 0 aliphatic carbocycles. The predicted octanol–water partition coefficient (Wildman–Crippen LogP) is 1.69. The number of sulfone groups is 1. The SMILES string of the molecule is O=C(O)c1ccc(S(=O)(=O)COCC(F)(F)F)cc1. The van der Waals surface area contributed by atoms with E-state index in [9.17, 15) is 26.4 Å². The molecule has 0 saturated carbocycles. The van der Waals surface area contributed by atoms with E-state index in [0.717, 1.165) is 24.3 Å². The van der Waals surface area contributed by atoms with Gasteiger partial charge in [0.1, 0.15) is 6.61 Å². The molecule has 0 amide bonds. The Labute approximate surface area is 106 Å². The maximum absolute atomic E-state index is 11.8. The van der Waals surface area contributed by atoms with Gasteiger partial charge in [0.25, 0.3) is 0 Å². The number of rotatable bonds is 5. The van der Waals surface area contributed by atoms with E-state index in [1.54, 1.807) is 0 Å². The number of carboxylic acids is 1. The highest BCUT2D eigenvalue weighted by atomic mass is 32.2. The molecule has 9 heteroatoms. The molecule has 5 nitrogen and oxygen atoms in total. The zero-order valence-corrected chi connectivity index (χ0v) is 10.2. The fourth-order valence-electron chi connectivity index (χ4n) is 1.14. The van der Waals surface area contributed by atoms with Crippen molar-refractivity contribution >= 4 is 15.8 Å². The molecule has 1 aromatic rings. The topological polar surface area (TPSA) is 80.7 Å². The van der Waals surface area contributed by atoms with Crippen LogP contribution in [0.1, 0.15) is 10.4 Å². The summed E-state index contributed by atoms with van der Waals surface area (Å²) in [5.74, 6) is -2.36. The van der Waals surface area contributed by atoms with Crippen LogP contribution in [0.3, 0.4) is 0 Å². The average Bonchev–Trinajstić information content (AvgIpc) is 2.27. The number of aromatic carboxylic acids is 1. The summed E-state index contributed by atoms with van der Waals surface area (Å²) >= 11 is 0. The molecule has 0 saturated heterocycles. The Kier molecular flexibility index (Phi) is 4.53. The molecule has 0 unspecified atom stereocenters. The highest BCUT2D eigenvalue weighted by Gasteiger charge is 2.28. The van der Waals surface area contributed by atoms with Gasteiger partial charge >= 0.3 is 12.1 Å². The van der Waals surface area contributed by atoms with Crippen LogP contribution in [0.5, 0.6) is 0 Å². The fraction of sp³-hybridized carbons (Fsp3) is 0.300. The van der Waals surface area contributed by atoms with Gasteiger partial charge in [-0.25, -0.2) is 13.2 Å². The number of ether oxygens (including phenoxy) is 1. The smallest absolute Gasteiger partial charge is 0.411 e. The van der Waals surface area contributed by atoms with Gasteiger partial charge in [-0.15, -0.1) is 0 Å². The molecule has 0 atom stereocenters.